The number of aromatic nitrogens is 1. The Labute approximate surface area is 152 Å². The molecule has 0 bridgehead atoms. The molecule has 0 spiro atoms. The molecule has 5 nitrogen and oxygen atoms in total. The number of nitrogens with zero attached hydrogens (tertiary/aromatic N) is 4. The van der Waals surface area contributed by atoms with Gasteiger partial charge in [0.2, 0.25) is 5.91 Å². The average Bonchev–Trinajstić information content (AvgIpc) is 2.67. The highest BCUT2D eigenvalue weighted by Crippen LogP contribution is 2.21. The van der Waals surface area contributed by atoms with Gasteiger partial charge in [0.25, 0.3) is 0 Å². The number of benzene rings is 1. The minimum absolute atomic E-state index is 0.159. The van der Waals surface area contributed by atoms with Crippen LogP contribution in [0.15, 0.2) is 47.5 Å². The average molecular weight is 352 g/mol. The van der Waals surface area contributed by atoms with Gasteiger partial charge in [0.1, 0.15) is 11.9 Å². The van der Waals surface area contributed by atoms with E-state index in [1.165, 1.54) is 5.56 Å². The molecule has 0 aliphatic carbocycles. The zero-order valence-corrected chi connectivity index (χ0v) is 15.0. The zero-order valence-electron chi connectivity index (χ0n) is 14.2. The summed E-state index contributed by atoms with van der Waals surface area (Å²) >= 11 is 1.57. The van der Waals surface area contributed by atoms with Gasteiger partial charge in [-0.2, -0.15) is 5.26 Å². The number of rotatable bonds is 4. The second-order valence-corrected chi connectivity index (χ2v) is 7.00. The van der Waals surface area contributed by atoms with Gasteiger partial charge in [-0.15, -0.1) is 11.8 Å². The van der Waals surface area contributed by atoms with Crippen LogP contribution in [-0.4, -0.2) is 47.7 Å². The molecule has 128 valence electrons. The van der Waals surface area contributed by atoms with Crippen molar-refractivity contribution in [1.29, 1.82) is 5.26 Å². The Morgan fingerprint density at radius 2 is 1.92 bits per heavy atom. The van der Waals surface area contributed by atoms with E-state index >= 15 is 0 Å². The molecule has 1 saturated heterocycles. The summed E-state index contributed by atoms with van der Waals surface area (Å²) in [7, 11) is 0. The fourth-order valence-electron chi connectivity index (χ4n) is 2.77. The van der Waals surface area contributed by atoms with Crippen LogP contribution >= 0.6 is 11.8 Å². The van der Waals surface area contributed by atoms with Gasteiger partial charge in [0.05, 0.1) is 11.3 Å². The van der Waals surface area contributed by atoms with Crippen molar-refractivity contribution >= 4 is 23.5 Å². The molecule has 1 fully saturated rings. The van der Waals surface area contributed by atoms with Crippen LogP contribution in [0.2, 0.25) is 0 Å². The number of anilines is 1. The quantitative estimate of drug-likeness (QED) is 0.792. The summed E-state index contributed by atoms with van der Waals surface area (Å²) in [6, 6.07) is 13.9. The summed E-state index contributed by atoms with van der Waals surface area (Å²) in [5, 5.41) is 9.20. The Bertz CT molecular complexity index is 777. The van der Waals surface area contributed by atoms with Gasteiger partial charge in [-0.05, 0) is 31.2 Å². The number of amides is 1. The predicted molar refractivity (Wildman–Crippen MR) is 99.6 cm³/mol. The first-order chi connectivity index (χ1) is 12.2. The third kappa shape index (κ3) is 4.31. The van der Waals surface area contributed by atoms with Gasteiger partial charge < -0.3 is 9.80 Å². The molecule has 1 aliphatic heterocycles. The monoisotopic (exact) mass is 352 g/mol. The van der Waals surface area contributed by atoms with Gasteiger partial charge in [0.15, 0.2) is 0 Å². The van der Waals surface area contributed by atoms with E-state index < -0.39 is 0 Å². The summed E-state index contributed by atoms with van der Waals surface area (Å²) in [5.74, 6) is 1.33. The maximum atomic E-state index is 12.4. The predicted octanol–water partition coefficient (Wildman–Crippen LogP) is 2.70. The molecule has 2 heterocycles. The molecule has 1 amide bonds. The topological polar surface area (TPSA) is 60.2 Å². The molecule has 0 radical (unpaired) electrons. The molecular formula is C19H20N4OS. The fraction of sp³-hybridized carbons (Fsp3) is 0.316. The maximum absolute atomic E-state index is 12.4. The Kier molecular flexibility index (Phi) is 5.56. The second kappa shape index (κ2) is 8.04. The van der Waals surface area contributed by atoms with Crippen molar-refractivity contribution in [3.63, 3.8) is 0 Å². The molecule has 0 saturated carbocycles. The lowest BCUT2D eigenvalue weighted by molar-refractivity contribution is -0.128. The van der Waals surface area contributed by atoms with Crippen LogP contribution in [0.3, 0.4) is 0 Å². The van der Waals surface area contributed by atoms with Crippen molar-refractivity contribution in [1.82, 2.24) is 9.88 Å². The fourth-order valence-corrected chi connectivity index (χ4v) is 3.58. The van der Waals surface area contributed by atoms with Gasteiger partial charge in [-0.3, -0.25) is 4.79 Å². The molecule has 0 N–H and O–H groups in total. The van der Waals surface area contributed by atoms with Crippen molar-refractivity contribution in [3.05, 3.63) is 53.7 Å². The van der Waals surface area contributed by atoms with Crippen LogP contribution in [0.1, 0.15) is 11.1 Å². The number of carbonyl (C=O) groups excluding carboxylic acids is 1. The summed E-state index contributed by atoms with van der Waals surface area (Å²) in [4.78, 5) is 21.8. The van der Waals surface area contributed by atoms with Crippen molar-refractivity contribution < 1.29 is 4.79 Å². The summed E-state index contributed by atoms with van der Waals surface area (Å²) in [6.45, 7) is 4.78. The summed E-state index contributed by atoms with van der Waals surface area (Å²) in [5.41, 5.74) is 1.80. The van der Waals surface area contributed by atoms with E-state index in [0.717, 1.165) is 4.90 Å². The first-order valence-electron chi connectivity index (χ1n) is 8.24. The molecule has 3 rings (SSSR count). The van der Waals surface area contributed by atoms with E-state index in [1.807, 2.05) is 4.90 Å². The second-order valence-electron chi connectivity index (χ2n) is 5.96. The van der Waals surface area contributed by atoms with Crippen LogP contribution in [0, 0.1) is 18.3 Å². The smallest absolute Gasteiger partial charge is 0.233 e. The Balaban J connectivity index is 1.52. The molecule has 6 heteroatoms. The summed E-state index contributed by atoms with van der Waals surface area (Å²) < 4.78 is 0. The highest BCUT2D eigenvalue weighted by molar-refractivity contribution is 8.00. The number of thioether (sulfide) groups is 1. The van der Waals surface area contributed by atoms with Crippen LogP contribution in [0.4, 0.5) is 5.82 Å². The van der Waals surface area contributed by atoms with Crippen molar-refractivity contribution in [2.24, 2.45) is 0 Å². The Hall–Kier alpha value is -2.52. The van der Waals surface area contributed by atoms with Crippen LogP contribution < -0.4 is 4.90 Å². The number of hydrogen-bond acceptors (Lipinski definition) is 5. The zero-order chi connectivity index (χ0) is 17.6. The Morgan fingerprint density at radius 3 is 2.60 bits per heavy atom. The van der Waals surface area contributed by atoms with Crippen molar-refractivity contribution in [2.45, 2.75) is 11.8 Å². The van der Waals surface area contributed by atoms with E-state index in [9.17, 15) is 10.1 Å². The Morgan fingerprint density at radius 1 is 1.20 bits per heavy atom. The molecular weight excluding hydrogens is 332 g/mol. The SMILES string of the molecule is Cc1ccc(SCC(=O)N2CCN(c3ncccc3C#N)CC2)cc1. The third-order valence-electron chi connectivity index (χ3n) is 4.22. The minimum Gasteiger partial charge on any atom is -0.352 e. The standard InChI is InChI=1S/C19H20N4OS/c1-15-4-6-17(7-5-15)25-14-18(24)22-9-11-23(12-10-22)19-16(13-20)3-2-8-21-19/h2-8H,9-12,14H2,1H3. The first kappa shape index (κ1) is 17.3. The summed E-state index contributed by atoms with van der Waals surface area (Å²) in [6.07, 6.45) is 1.70. The van der Waals surface area contributed by atoms with Gasteiger partial charge >= 0.3 is 0 Å². The largest absolute Gasteiger partial charge is 0.352 e. The third-order valence-corrected chi connectivity index (χ3v) is 5.22. The van der Waals surface area contributed by atoms with Crippen LogP contribution in [-0.2, 0) is 4.79 Å². The highest BCUT2D eigenvalue weighted by Gasteiger charge is 2.23. The normalized spacial score (nSPS) is 14.2. The number of carbonyl (C=O) groups is 1. The van der Waals surface area contributed by atoms with Gasteiger partial charge in [0, 0.05) is 37.3 Å². The number of pyridine rings is 1. The van der Waals surface area contributed by atoms with Crippen LogP contribution in [0.5, 0.6) is 0 Å². The molecule has 25 heavy (non-hydrogen) atoms. The number of hydrogen-bond donors (Lipinski definition) is 0. The van der Waals surface area contributed by atoms with E-state index in [0.29, 0.717) is 43.3 Å². The molecule has 1 aliphatic rings. The van der Waals surface area contributed by atoms with Crippen molar-refractivity contribution in [3.8, 4) is 6.07 Å². The first-order valence-corrected chi connectivity index (χ1v) is 9.23. The number of nitriles is 1. The lowest BCUT2D eigenvalue weighted by Crippen LogP contribution is -2.49. The van der Waals surface area contributed by atoms with E-state index in [-0.39, 0.29) is 5.91 Å². The number of piperazine rings is 1. The molecule has 1 aromatic carbocycles. The van der Waals surface area contributed by atoms with E-state index in [1.54, 1.807) is 30.1 Å². The van der Waals surface area contributed by atoms with E-state index in [4.69, 9.17) is 0 Å². The van der Waals surface area contributed by atoms with Crippen LogP contribution in [0.25, 0.3) is 0 Å². The highest BCUT2D eigenvalue weighted by atomic mass is 32.2. The number of aryl methyl sites for hydroxylation is 1. The van der Waals surface area contributed by atoms with Gasteiger partial charge in [-0.1, -0.05) is 17.7 Å². The maximum Gasteiger partial charge on any atom is 0.233 e. The lowest BCUT2D eigenvalue weighted by atomic mass is 10.2. The molecule has 2 aromatic rings. The van der Waals surface area contributed by atoms with Crippen molar-refractivity contribution in [2.75, 3.05) is 36.8 Å². The molecule has 0 unspecified atom stereocenters. The molecule has 0 atom stereocenters. The lowest BCUT2D eigenvalue weighted by Gasteiger charge is -2.35. The molecule has 1 aromatic heterocycles. The van der Waals surface area contributed by atoms with Gasteiger partial charge in [-0.25, -0.2) is 4.98 Å². The minimum atomic E-state index is 0.159. The van der Waals surface area contributed by atoms with E-state index in [2.05, 4.69) is 47.1 Å².